The molecule has 0 atom stereocenters. The number of hydrogen-bond acceptors (Lipinski definition) is 4. The Morgan fingerprint density at radius 1 is 1.10 bits per heavy atom. The predicted molar refractivity (Wildman–Crippen MR) is 91.1 cm³/mol. The predicted octanol–water partition coefficient (Wildman–Crippen LogP) is 4.69. The van der Waals surface area contributed by atoms with Crippen molar-refractivity contribution in [3.63, 3.8) is 0 Å². The SMILES string of the molecule is S=c1[nH]c2ccccc2s1.Sn1cnc2ccccc21. The number of nitrogens with one attached hydrogen (secondary N) is 1. The number of imidazole rings is 1. The van der Waals surface area contributed by atoms with Gasteiger partial charge in [0.25, 0.3) is 0 Å². The monoisotopic (exact) mass is 317 g/mol. The second-order valence-corrected chi connectivity index (χ2v) is 6.24. The number of aromatic amines is 1. The quantitative estimate of drug-likeness (QED) is 0.364. The molecule has 0 saturated heterocycles. The highest BCUT2D eigenvalue weighted by atomic mass is 32.1. The summed E-state index contributed by atoms with van der Waals surface area (Å²) in [4.78, 5) is 7.20. The number of aromatic nitrogens is 3. The van der Waals surface area contributed by atoms with E-state index >= 15 is 0 Å². The lowest BCUT2D eigenvalue weighted by molar-refractivity contribution is 1.28. The molecule has 2 aromatic carbocycles. The Bertz CT molecular complexity index is 868. The van der Waals surface area contributed by atoms with Crippen molar-refractivity contribution in [2.24, 2.45) is 0 Å². The Balaban J connectivity index is 0.000000121. The Kier molecular flexibility index (Phi) is 3.86. The van der Waals surface area contributed by atoms with Crippen LogP contribution >= 0.6 is 36.4 Å². The molecule has 2 aromatic heterocycles. The number of thiol groups is 1. The lowest BCUT2D eigenvalue weighted by Crippen LogP contribution is -1.73. The van der Waals surface area contributed by atoms with E-state index in [0.717, 1.165) is 20.5 Å². The molecular weight excluding hydrogens is 306 g/mol. The van der Waals surface area contributed by atoms with Crippen molar-refractivity contribution in [2.45, 2.75) is 0 Å². The molecule has 100 valence electrons. The molecule has 0 spiro atoms. The number of benzene rings is 2. The Hall–Kier alpha value is -1.63. The Labute approximate surface area is 130 Å². The summed E-state index contributed by atoms with van der Waals surface area (Å²) in [5, 5.41) is 0. The fourth-order valence-electron chi connectivity index (χ4n) is 1.84. The first-order valence-corrected chi connectivity index (χ1v) is 7.56. The first kappa shape index (κ1) is 13.4. The van der Waals surface area contributed by atoms with E-state index in [1.165, 1.54) is 4.70 Å². The van der Waals surface area contributed by atoms with Gasteiger partial charge in [-0.15, -0.1) is 11.3 Å². The molecule has 4 aromatic rings. The maximum atomic E-state index is 4.98. The van der Waals surface area contributed by atoms with Crippen LogP contribution in [0.5, 0.6) is 0 Å². The molecule has 1 N–H and O–H groups in total. The molecule has 0 fully saturated rings. The van der Waals surface area contributed by atoms with Gasteiger partial charge in [-0.3, -0.25) is 3.97 Å². The minimum Gasteiger partial charge on any atom is -0.337 e. The van der Waals surface area contributed by atoms with Crippen LogP contribution in [-0.2, 0) is 0 Å². The smallest absolute Gasteiger partial charge is 0.159 e. The van der Waals surface area contributed by atoms with Crippen molar-refractivity contribution in [2.75, 3.05) is 0 Å². The summed E-state index contributed by atoms with van der Waals surface area (Å²) in [5.41, 5.74) is 3.17. The molecule has 6 heteroatoms. The third kappa shape index (κ3) is 2.77. The minimum atomic E-state index is 0.848. The highest BCUT2D eigenvalue weighted by Crippen LogP contribution is 2.17. The van der Waals surface area contributed by atoms with Crippen molar-refractivity contribution in [3.05, 3.63) is 58.8 Å². The van der Waals surface area contributed by atoms with Gasteiger partial charge in [-0.2, -0.15) is 0 Å². The fraction of sp³-hybridized carbons (Fsp3) is 0. The van der Waals surface area contributed by atoms with Gasteiger partial charge in [0.05, 0.1) is 21.3 Å². The van der Waals surface area contributed by atoms with Gasteiger partial charge in [0.2, 0.25) is 0 Å². The zero-order chi connectivity index (χ0) is 13.9. The lowest BCUT2D eigenvalue weighted by atomic mass is 10.3. The van der Waals surface area contributed by atoms with Crippen molar-refractivity contribution < 1.29 is 0 Å². The minimum absolute atomic E-state index is 0.848. The molecule has 0 radical (unpaired) electrons. The van der Waals surface area contributed by atoms with Crippen LogP contribution in [-0.4, -0.2) is 13.9 Å². The zero-order valence-electron chi connectivity index (χ0n) is 10.4. The molecule has 20 heavy (non-hydrogen) atoms. The van der Waals surface area contributed by atoms with Gasteiger partial charge in [0, 0.05) is 0 Å². The number of hydrogen-bond donors (Lipinski definition) is 2. The van der Waals surface area contributed by atoms with E-state index in [0.29, 0.717) is 0 Å². The van der Waals surface area contributed by atoms with E-state index in [-0.39, 0.29) is 0 Å². The molecule has 0 bridgehead atoms. The van der Waals surface area contributed by atoms with Gasteiger partial charge >= 0.3 is 0 Å². The molecule has 0 unspecified atom stereocenters. The molecule has 0 saturated carbocycles. The highest BCUT2D eigenvalue weighted by molar-refractivity contribution is 7.78. The number of rotatable bonds is 0. The number of para-hydroxylation sites is 3. The number of thiazole rings is 1. The van der Waals surface area contributed by atoms with Gasteiger partial charge in [-0.25, -0.2) is 4.98 Å². The van der Waals surface area contributed by atoms with Crippen LogP contribution in [0.3, 0.4) is 0 Å². The van der Waals surface area contributed by atoms with E-state index in [1.54, 1.807) is 21.6 Å². The average molecular weight is 317 g/mol. The van der Waals surface area contributed by atoms with E-state index < -0.39 is 0 Å². The van der Waals surface area contributed by atoms with E-state index in [4.69, 9.17) is 12.2 Å². The summed E-state index contributed by atoms with van der Waals surface area (Å²) >= 11 is 10.7. The van der Waals surface area contributed by atoms with Crippen LogP contribution in [0, 0.1) is 3.95 Å². The van der Waals surface area contributed by atoms with Crippen molar-refractivity contribution in [1.82, 2.24) is 13.9 Å². The summed E-state index contributed by atoms with van der Waals surface area (Å²) in [5.74, 6) is 0. The molecule has 4 rings (SSSR count). The van der Waals surface area contributed by atoms with Crippen molar-refractivity contribution in [3.8, 4) is 0 Å². The Morgan fingerprint density at radius 2 is 1.85 bits per heavy atom. The largest absolute Gasteiger partial charge is 0.337 e. The maximum absolute atomic E-state index is 4.98. The number of H-pyrrole nitrogens is 1. The molecule has 0 amide bonds. The van der Waals surface area contributed by atoms with Crippen LogP contribution in [0.2, 0.25) is 0 Å². The molecule has 0 aliphatic heterocycles. The topological polar surface area (TPSA) is 33.6 Å². The maximum Gasteiger partial charge on any atom is 0.159 e. The van der Waals surface area contributed by atoms with Gasteiger partial charge in [-0.1, -0.05) is 37.1 Å². The first-order valence-electron chi connectivity index (χ1n) is 5.93. The van der Waals surface area contributed by atoms with E-state index in [1.807, 2.05) is 42.5 Å². The van der Waals surface area contributed by atoms with Crippen LogP contribution in [0.25, 0.3) is 21.3 Å². The second-order valence-electron chi connectivity index (χ2n) is 4.09. The van der Waals surface area contributed by atoms with Crippen LogP contribution in [0.1, 0.15) is 0 Å². The number of nitrogens with zero attached hydrogens (tertiary/aromatic N) is 2. The normalized spacial score (nSPS) is 10.4. The summed E-state index contributed by atoms with van der Waals surface area (Å²) in [6, 6.07) is 16.0. The molecule has 3 nitrogen and oxygen atoms in total. The molecular formula is C14H11N3S3. The van der Waals surface area contributed by atoms with Gasteiger partial charge in [0.1, 0.15) is 6.33 Å². The van der Waals surface area contributed by atoms with Gasteiger partial charge < -0.3 is 4.98 Å². The average Bonchev–Trinajstić information content (AvgIpc) is 3.02. The van der Waals surface area contributed by atoms with Gasteiger partial charge in [-0.05, 0) is 36.5 Å². The lowest BCUT2D eigenvalue weighted by Gasteiger charge is -1.88. The van der Waals surface area contributed by atoms with Crippen LogP contribution in [0.4, 0.5) is 0 Å². The standard InChI is InChI=1S/C7H6N2S.C7H5NS2/c10-9-5-8-6-3-1-2-4-7(6)9;9-7-8-5-3-1-2-4-6(5)10-7/h1-5,10H;1-4H,(H,8,9). The van der Waals surface area contributed by atoms with E-state index in [2.05, 4.69) is 28.8 Å². The molecule has 2 heterocycles. The van der Waals surface area contributed by atoms with Gasteiger partial charge in [0.15, 0.2) is 3.95 Å². The van der Waals surface area contributed by atoms with Crippen molar-refractivity contribution >= 4 is 57.6 Å². The fourth-order valence-corrected chi connectivity index (χ4v) is 3.18. The molecule has 0 aliphatic rings. The third-order valence-electron chi connectivity index (χ3n) is 2.76. The van der Waals surface area contributed by atoms with E-state index in [9.17, 15) is 0 Å². The summed E-state index contributed by atoms with van der Waals surface area (Å²) in [6.07, 6.45) is 1.69. The van der Waals surface area contributed by atoms with Crippen LogP contribution in [0.15, 0.2) is 54.9 Å². The summed E-state index contributed by atoms with van der Waals surface area (Å²) < 4.78 is 3.78. The molecule has 0 aliphatic carbocycles. The number of fused-ring (bicyclic) bond motifs is 2. The summed E-state index contributed by atoms with van der Waals surface area (Å²) in [7, 11) is 0. The third-order valence-corrected chi connectivity index (χ3v) is 4.30. The first-order chi connectivity index (χ1) is 9.74. The van der Waals surface area contributed by atoms with Crippen molar-refractivity contribution in [1.29, 1.82) is 0 Å². The second kappa shape index (κ2) is 5.78. The zero-order valence-corrected chi connectivity index (χ0v) is 12.9. The summed E-state index contributed by atoms with van der Waals surface area (Å²) in [6.45, 7) is 0. The highest BCUT2D eigenvalue weighted by Gasteiger charge is 1.95. The Morgan fingerprint density at radius 3 is 2.65 bits per heavy atom. The van der Waals surface area contributed by atoms with Crippen LogP contribution < -0.4 is 0 Å².